The summed E-state index contributed by atoms with van der Waals surface area (Å²) in [5, 5.41) is 2.75. The van der Waals surface area contributed by atoms with E-state index in [0.29, 0.717) is 22.7 Å². The number of halogens is 2. The van der Waals surface area contributed by atoms with Gasteiger partial charge in [0.25, 0.3) is 0 Å². The van der Waals surface area contributed by atoms with Crippen molar-refractivity contribution >= 4 is 34.3 Å². The van der Waals surface area contributed by atoms with Crippen LogP contribution in [0.25, 0.3) is 11.1 Å². The molecule has 3 aromatic rings. The number of fused-ring (bicyclic) bond motifs is 1. The van der Waals surface area contributed by atoms with E-state index in [4.69, 9.17) is 4.42 Å². The number of oxazole rings is 1. The lowest BCUT2D eigenvalue weighted by atomic mass is 10.1. The van der Waals surface area contributed by atoms with Crippen molar-refractivity contribution < 1.29 is 22.8 Å². The number of hydrogen-bond donors (Lipinski definition) is 1. The molecule has 1 atom stereocenters. The third-order valence-electron chi connectivity index (χ3n) is 4.42. The van der Waals surface area contributed by atoms with Gasteiger partial charge in [-0.25, -0.2) is 13.8 Å². The maximum atomic E-state index is 13.4. The van der Waals surface area contributed by atoms with Gasteiger partial charge in [0.1, 0.15) is 17.2 Å². The zero-order valence-corrected chi connectivity index (χ0v) is 14.3. The monoisotopic (exact) mass is 371 g/mol. The van der Waals surface area contributed by atoms with E-state index in [9.17, 15) is 18.4 Å². The maximum Gasteiger partial charge on any atom is 0.229 e. The van der Waals surface area contributed by atoms with Gasteiger partial charge in [-0.05, 0) is 30.3 Å². The molecule has 27 heavy (non-hydrogen) atoms. The first-order valence-electron chi connectivity index (χ1n) is 8.33. The van der Waals surface area contributed by atoms with E-state index in [0.717, 1.165) is 18.2 Å². The number of amides is 2. The largest absolute Gasteiger partial charge is 0.441 e. The molecule has 4 rings (SSSR count). The van der Waals surface area contributed by atoms with Crippen molar-refractivity contribution in [3.63, 3.8) is 0 Å². The number of anilines is 2. The summed E-state index contributed by atoms with van der Waals surface area (Å²) in [6.07, 6.45) is -0.0325. The fraction of sp³-hybridized carbons (Fsp3) is 0.211. The highest BCUT2D eigenvalue weighted by molar-refractivity contribution is 6.03. The summed E-state index contributed by atoms with van der Waals surface area (Å²) >= 11 is 0. The first kappa shape index (κ1) is 17.1. The van der Waals surface area contributed by atoms with E-state index in [1.807, 2.05) is 0 Å². The number of nitrogens with one attached hydrogen (secondary N) is 1. The first-order valence-corrected chi connectivity index (χ1v) is 8.33. The molecular formula is C19H15F2N3O3. The molecule has 8 heteroatoms. The quantitative estimate of drug-likeness (QED) is 0.766. The van der Waals surface area contributed by atoms with Gasteiger partial charge in [-0.1, -0.05) is 0 Å². The van der Waals surface area contributed by atoms with Crippen molar-refractivity contribution in [3.8, 4) is 0 Å². The lowest BCUT2D eigenvalue weighted by molar-refractivity contribution is -0.122. The average Bonchev–Trinajstić information content (AvgIpc) is 3.15. The molecule has 1 aromatic heterocycles. The van der Waals surface area contributed by atoms with Crippen LogP contribution in [0.15, 0.2) is 40.8 Å². The number of aromatic nitrogens is 1. The summed E-state index contributed by atoms with van der Waals surface area (Å²) < 4.78 is 32.2. The molecule has 0 aliphatic carbocycles. The number of carbonyl (C=O) groups excluding carboxylic acids is 2. The topological polar surface area (TPSA) is 75.4 Å². The van der Waals surface area contributed by atoms with Gasteiger partial charge in [0.05, 0.1) is 5.92 Å². The molecule has 1 unspecified atom stereocenters. The van der Waals surface area contributed by atoms with E-state index in [1.165, 1.54) is 4.90 Å². The molecule has 1 aliphatic rings. The van der Waals surface area contributed by atoms with Gasteiger partial charge in [-0.15, -0.1) is 0 Å². The highest BCUT2D eigenvalue weighted by Gasteiger charge is 2.35. The Bertz CT molecular complexity index is 1040. The number of benzene rings is 2. The second-order valence-corrected chi connectivity index (χ2v) is 6.44. The predicted octanol–water partition coefficient (Wildman–Crippen LogP) is 3.41. The van der Waals surface area contributed by atoms with Crippen molar-refractivity contribution in [2.75, 3.05) is 16.8 Å². The molecule has 0 bridgehead atoms. The van der Waals surface area contributed by atoms with E-state index in [-0.39, 0.29) is 30.5 Å². The van der Waals surface area contributed by atoms with Gasteiger partial charge in [0.2, 0.25) is 11.8 Å². The van der Waals surface area contributed by atoms with Gasteiger partial charge in [0, 0.05) is 37.3 Å². The van der Waals surface area contributed by atoms with Crippen molar-refractivity contribution in [1.29, 1.82) is 0 Å². The van der Waals surface area contributed by atoms with Gasteiger partial charge in [0.15, 0.2) is 11.5 Å². The Hall–Kier alpha value is -3.29. The highest BCUT2D eigenvalue weighted by Crippen LogP contribution is 2.28. The fourth-order valence-corrected chi connectivity index (χ4v) is 3.19. The average molecular weight is 371 g/mol. The number of carbonyl (C=O) groups is 2. The van der Waals surface area contributed by atoms with Crippen LogP contribution >= 0.6 is 0 Å². The zero-order valence-electron chi connectivity index (χ0n) is 14.3. The van der Waals surface area contributed by atoms with Crippen molar-refractivity contribution in [2.45, 2.75) is 13.3 Å². The van der Waals surface area contributed by atoms with Crippen molar-refractivity contribution in [1.82, 2.24) is 4.98 Å². The number of rotatable bonds is 3. The van der Waals surface area contributed by atoms with E-state index in [2.05, 4.69) is 10.3 Å². The van der Waals surface area contributed by atoms with Gasteiger partial charge in [-0.2, -0.15) is 0 Å². The summed E-state index contributed by atoms with van der Waals surface area (Å²) in [7, 11) is 0. The van der Waals surface area contributed by atoms with E-state index < -0.39 is 17.6 Å². The molecule has 2 amide bonds. The molecule has 138 valence electrons. The number of hydrogen-bond acceptors (Lipinski definition) is 4. The van der Waals surface area contributed by atoms with E-state index >= 15 is 0 Å². The minimum atomic E-state index is -0.776. The molecule has 1 fully saturated rings. The second-order valence-electron chi connectivity index (χ2n) is 6.44. The Morgan fingerprint density at radius 2 is 1.96 bits per heavy atom. The zero-order chi connectivity index (χ0) is 19.1. The summed E-state index contributed by atoms with van der Waals surface area (Å²) in [5.41, 5.74) is 1.86. The van der Waals surface area contributed by atoms with Crippen LogP contribution in [0.3, 0.4) is 0 Å². The van der Waals surface area contributed by atoms with Crippen LogP contribution in [0.2, 0.25) is 0 Å². The Morgan fingerprint density at radius 1 is 1.22 bits per heavy atom. The van der Waals surface area contributed by atoms with Gasteiger partial charge in [-0.3, -0.25) is 9.59 Å². The molecule has 2 aromatic carbocycles. The van der Waals surface area contributed by atoms with Crippen molar-refractivity contribution in [3.05, 3.63) is 53.9 Å². The standard InChI is InChI=1S/C19H15F2N3O3/c1-10-22-16-8-14(2-3-17(16)27-10)23-19(26)11-4-18(25)24(9-11)15-6-12(20)5-13(21)7-15/h2-3,5-8,11H,4,9H2,1H3,(H,23,26). The molecular weight excluding hydrogens is 356 g/mol. The minimum absolute atomic E-state index is 0.0325. The lowest BCUT2D eigenvalue weighted by Gasteiger charge is -2.17. The lowest BCUT2D eigenvalue weighted by Crippen LogP contribution is -2.28. The number of aryl methyl sites for hydroxylation is 1. The highest BCUT2D eigenvalue weighted by atomic mass is 19.1. The van der Waals surface area contributed by atoms with E-state index in [1.54, 1.807) is 25.1 Å². The summed E-state index contributed by atoms with van der Waals surface area (Å²) in [6, 6.07) is 7.94. The van der Waals surface area contributed by atoms with Crippen LogP contribution in [-0.2, 0) is 9.59 Å². The normalized spacial score (nSPS) is 16.9. The molecule has 1 saturated heterocycles. The fourth-order valence-electron chi connectivity index (χ4n) is 3.19. The summed E-state index contributed by atoms with van der Waals surface area (Å²) in [4.78, 5) is 30.2. The van der Waals surface area contributed by atoms with Crippen LogP contribution in [0, 0.1) is 24.5 Å². The Morgan fingerprint density at radius 3 is 2.70 bits per heavy atom. The predicted molar refractivity (Wildman–Crippen MR) is 94.2 cm³/mol. The first-order chi connectivity index (χ1) is 12.9. The van der Waals surface area contributed by atoms with Crippen LogP contribution < -0.4 is 10.2 Å². The smallest absolute Gasteiger partial charge is 0.229 e. The molecule has 2 heterocycles. The third-order valence-corrected chi connectivity index (χ3v) is 4.42. The second kappa shape index (κ2) is 6.46. The Labute approximate surface area is 152 Å². The molecule has 0 saturated carbocycles. The van der Waals surface area contributed by atoms with Gasteiger partial charge >= 0.3 is 0 Å². The summed E-state index contributed by atoms with van der Waals surface area (Å²) in [5.74, 6) is -2.36. The maximum absolute atomic E-state index is 13.4. The van der Waals surface area contributed by atoms with Crippen LogP contribution in [-0.4, -0.2) is 23.3 Å². The van der Waals surface area contributed by atoms with Crippen molar-refractivity contribution in [2.24, 2.45) is 5.92 Å². The van der Waals surface area contributed by atoms with Crippen LogP contribution in [0.1, 0.15) is 12.3 Å². The summed E-state index contributed by atoms with van der Waals surface area (Å²) in [6.45, 7) is 1.78. The molecule has 1 N–H and O–H groups in total. The molecule has 0 spiro atoms. The Kier molecular flexibility index (Phi) is 4.10. The SMILES string of the molecule is Cc1nc2cc(NC(=O)C3CC(=O)N(c4cc(F)cc(F)c4)C3)ccc2o1. The number of nitrogens with zero attached hydrogens (tertiary/aromatic N) is 2. The Balaban J connectivity index is 1.49. The van der Waals surface area contributed by atoms with Crippen LogP contribution in [0.4, 0.5) is 20.2 Å². The van der Waals surface area contributed by atoms with Gasteiger partial charge < -0.3 is 14.6 Å². The molecule has 6 nitrogen and oxygen atoms in total. The van der Waals surface area contributed by atoms with Crippen LogP contribution in [0.5, 0.6) is 0 Å². The third kappa shape index (κ3) is 3.38. The minimum Gasteiger partial charge on any atom is -0.441 e. The molecule has 0 radical (unpaired) electrons. The molecule has 1 aliphatic heterocycles.